The molecule has 0 saturated carbocycles. The van der Waals surface area contributed by atoms with E-state index < -0.39 is 11.4 Å². The lowest BCUT2D eigenvalue weighted by atomic mass is 9.98. The fourth-order valence-corrected chi connectivity index (χ4v) is 2.97. The fourth-order valence-electron chi connectivity index (χ4n) is 2.97. The predicted molar refractivity (Wildman–Crippen MR) is 82.9 cm³/mol. The average molecular weight is 306 g/mol. The van der Waals surface area contributed by atoms with Gasteiger partial charge in [-0.1, -0.05) is 6.08 Å². The number of rotatable bonds is 5. The first-order valence-corrected chi connectivity index (χ1v) is 7.42. The molecule has 1 unspecified atom stereocenters. The lowest BCUT2D eigenvalue weighted by Crippen LogP contribution is -2.39. The summed E-state index contributed by atoms with van der Waals surface area (Å²) in [6.45, 7) is 7.56. The standard InChI is InChI=1S/C16H22N2O4/c1-3-6-18-11(2)8-14(19)15(20)13(18)10-17-7-4-5-12(9-17)16(21)22/h3,8,12,20H,1,4-7,9-10H2,2H3,(H,21,22). The molecule has 1 aliphatic rings. The number of aliphatic carboxylic acids is 1. The number of likely N-dealkylation sites (tertiary alicyclic amines) is 1. The van der Waals surface area contributed by atoms with E-state index in [2.05, 4.69) is 6.58 Å². The van der Waals surface area contributed by atoms with Crippen molar-refractivity contribution in [1.82, 2.24) is 9.47 Å². The number of hydrogen-bond donors (Lipinski definition) is 2. The Morgan fingerprint density at radius 1 is 1.55 bits per heavy atom. The number of carbonyl (C=O) groups is 1. The molecule has 1 saturated heterocycles. The van der Waals surface area contributed by atoms with Crippen molar-refractivity contribution in [2.75, 3.05) is 13.1 Å². The summed E-state index contributed by atoms with van der Waals surface area (Å²) in [7, 11) is 0. The van der Waals surface area contributed by atoms with Gasteiger partial charge in [-0.3, -0.25) is 14.5 Å². The minimum atomic E-state index is -0.790. The Hall–Kier alpha value is -2.08. The molecule has 6 heteroatoms. The van der Waals surface area contributed by atoms with Crippen molar-refractivity contribution in [1.29, 1.82) is 0 Å². The molecule has 2 rings (SSSR count). The molecule has 0 bridgehead atoms. The minimum absolute atomic E-state index is 0.259. The number of aromatic hydroxyl groups is 1. The predicted octanol–water partition coefficient (Wildman–Crippen LogP) is 1.34. The molecule has 0 amide bonds. The van der Waals surface area contributed by atoms with Crippen LogP contribution in [0.15, 0.2) is 23.5 Å². The lowest BCUT2D eigenvalue weighted by Gasteiger charge is -2.31. The van der Waals surface area contributed by atoms with Crippen LogP contribution in [0.5, 0.6) is 5.75 Å². The van der Waals surface area contributed by atoms with E-state index in [1.807, 2.05) is 16.4 Å². The van der Waals surface area contributed by atoms with Gasteiger partial charge in [0.2, 0.25) is 5.43 Å². The zero-order valence-electron chi connectivity index (χ0n) is 12.8. The van der Waals surface area contributed by atoms with Crippen LogP contribution in [0.4, 0.5) is 0 Å². The molecule has 1 fully saturated rings. The van der Waals surface area contributed by atoms with Crippen molar-refractivity contribution in [3.63, 3.8) is 0 Å². The van der Waals surface area contributed by atoms with Gasteiger partial charge in [0, 0.05) is 31.4 Å². The van der Waals surface area contributed by atoms with Gasteiger partial charge < -0.3 is 14.8 Å². The van der Waals surface area contributed by atoms with Gasteiger partial charge in [-0.05, 0) is 26.3 Å². The maximum Gasteiger partial charge on any atom is 0.307 e. The number of piperidine rings is 1. The van der Waals surface area contributed by atoms with Gasteiger partial charge in [0.05, 0.1) is 11.6 Å². The molecule has 22 heavy (non-hydrogen) atoms. The molecule has 0 aliphatic carbocycles. The highest BCUT2D eigenvalue weighted by Gasteiger charge is 2.26. The molecule has 2 N–H and O–H groups in total. The molecule has 0 spiro atoms. The maximum absolute atomic E-state index is 11.8. The number of allylic oxidation sites excluding steroid dienone is 1. The van der Waals surface area contributed by atoms with E-state index >= 15 is 0 Å². The second-order valence-electron chi connectivity index (χ2n) is 5.76. The third-order valence-electron chi connectivity index (χ3n) is 4.14. The maximum atomic E-state index is 11.8. The number of nitrogens with zero attached hydrogens (tertiary/aromatic N) is 2. The smallest absolute Gasteiger partial charge is 0.307 e. The highest BCUT2D eigenvalue weighted by atomic mass is 16.4. The fraction of sp³-hybridized carbons (Fsp3) is 0.500. The lowest BCUT2D eigenvalue weighted by molar-refractivity contribution is -0.143. The first-order chi connectivity index (χ1) is 10.4. The number of hydrogen-bond acceptors (Lipinski definition) is 4. The Morgan fingerprint density at radius 3 is 2.91 bits per heavy atom. The van der Waals surface area contributed by atoms with Gasteiger partial charge in [0.15, 0.2) is 5.75 Å². The largest absolute Gasteiger partial charge is 0.503 e. The Morgan fingerprint density at radius 2 is 2.27 bits per heavy atom. The van der Waals surface area contributed by atoms with Crippen molar-refractivity contribution in [2.24, 2.45) is 5.92 Å². The summed E-state index contributed by atoms with van der Waals surface area (Å²) in [5.41, 5.74) is 0.875. The van der Waals surface area contributed by atoms with Crippen molar-refractivity contribution < 1.29 is 15.0 Å². The molecular formula is C16H22N2O4. The summed E-state index contributed by atoms with van der Waals surface area (Å²) in [6.07, 6.45) is 3.18. The quantitative estimate of drug-likeness (QED) is 0.802. The van der Waals surface area contributed by atoms with Crippen LogP contribution in [0.1, 0.15) is 24.2 Å². The number of aromatic nitrogens is 1. The van der Waals surface area contributed by atoms with Crippen LogP contribution in [0, 0.1) is 12.8 Å². The summed E-state index contributed by atoms with van der Waals surface area (Å²) in [5, 5.41) is 19.3. The van der Waals surface area contributed by atoms with Crippen LogP contribution < -0.4 is 5.43 Å². The van der Waals surface area contributed by atoms with Crippen LogP contribution in [0.2, 0.25) is 0 Å². The third kappa shape index (κ3) is 3.39. The van der Waals surface area contributed by atoms with E-state index in [0.717, 1.165) is 18.7 Å². The van der Waals surface area contributed by atoms with Gasteiger partial charge in [0.1, 0.15) is 0 Å². The van der Waals surface area contributed by atoms with Crippen LogP contribution in [-0.2, 0) is 17.9 Å². The van der Waals surface area contributed by atoms with Crippen LogP contribution in [0.3, 0.4) is 0 Å². The molecule has 2 heterocycles. The van der Waals surface area contributed by atoms with E-state index in [-0.39, 0.29) is 11.7 Å². The Labute approximate surface area is 129 Å². The average Bonchev–Trinajstić information content (AvgIpc) is 2.48. The molecule has 120 valence electrons. The molecule has 6 nitrogen and oxygen atoms in total. The summed E-state index contributed by atoms with van der Waals surface area (Å²) in [4.78, 5) is 25.0. The number of aryl methyl sites for hydroxylation is 1. The summed E-state index contributed by atoms with van der Waals surface area (Å²) in [5.74, 6) is -1.44. The van der Waals surface area contributed by atoms with Crippen molar-refractivity contribution >= 4 is 5.97 Å². The molecule has 1 aliphatic heterocycles. The molecular weight excluding hydrogens is 284 g/mol. The van der Waals surface area contributed by atoms with E-state index in [9.17, 15) is 14.7 Å². The molecule has 1 aromatic heterocycles. The number of carboxylic acids is 1. The van der Waals surface area contributed by atoms with E-state index in [0.29, 0.717) is 31.7 Å². The van der Waals surface area contributed by atoms with Gasteiger partial charge in [-0.15, -0.1) is 6.58 Å². The second kappa shape index (κ2) is 6.79. The highest BCUT2D eigenvalue weighted by molar-refractivity contribution is 5.70. The number of pyridine rings is 1. The van der Waals surface area contributed by atoms with E-state index in [1.165, 1.54) is 6.07 Å². The molecule has 0 radical (unpaired) electrons. The molecule has 1 aromatic rings. The molecule has 1 atom stereocenters. The van der Waals surface area contributed by atoms with Gasteiger partial charge in [-0.25, -0.2) is 0 Å². The zero-order valence-corrected chi connectivity index (χ0v) is 12.8. The first-order valence-electron chi connectivity index (χ1n) is 7.42. The zero-order chi connectivity index (χ0) is 16.3. The van der Waals surface area contributed by atoms with Crippen LogP contribution in [-0.4, -0.2) is 38.7 Å². The summed E-state index contributed by atoms with van der Waals surface area (Å²) >= 11 is 0. The van der Waals surface area contributed by atoms with Crippen molar-refractivity contribution in [3.8, 4) is 5.75 Å². The van der Waals surface area contributed by atoms with Crippen LogP contribution in [0.25, 0.3) is 0 Å². The Bertz CT molecular complexity index is 636. The van der Waals surface area contributed by atoms with Gasteiger partial charge in [0.25, 0.3) is 0 Å². The Kier molecular flexibility index (Phi) is 5.03. The van der Waals surface area contributed by atoms with E-state index in [1.54, 1.807) is 6.08 Å². The topological polar surface area (TPSA) is 82.8 Å². The van der Waals surface area contributed by atoms with Gasteiger partial charge in [-0.2, -0.15) is 0 Å². The van der Waals surface area contributed by atoms with Crippen molar-refractivity contribution in [2.45, 2.75) is 32.9 Å². The SMILES string of the molecule is C=CCn1c(C)cc(=O)c(O)c1CN1CCCC(C(=O)O)C1. The van der Waals surface area contributed by atoms with Crippen molar-refractivity contribution in [3.05, 3.63) is 40.3 Å². The minimum Gasteiger partial charge on any atom is -0.503 e. The van der Waals surface area contributed by atoms with Crippen LogP contribution >= 0.6 is 0 Å². The summed E-state index contributed by atoms with van der Waals surface area (Å²) in [6, 6.07) is 1.40. The normalized spacial score (nSPS) is 19.0. The third-order valence-corrected chi connectivity index (χ3v) is 4.14. The Balaban J connectivity index is 2.30. The van der Waals surface area contributed by atoms with E-state index in [4.69, 9.17) is 5.11 Å². The number of carboxylic acid groups (broad SMARTS) is 1. The highest BCUT2D eigenvalue weighted by Crippen LogP contribution is 2.22. The van der Waals surface area contributed by atoms with Gasteiger partial charge >= 0.3 is 5.97 Å². The summed E-state index contributed by atoms with van der Waals surface area (Å²) < 4.78 is 1.84. The second-order valence-corrected chi connectivity index (χ2v) is 5.76. The first kappa shape index (κ1) is 16.3. The monoisotopic (exact) mass is 306 g/mol. The molecule has 0 aromatic carbocycles.